The van der Waals surface area contributed by atoms with Crippen molar-refractivity contribution in [3.05, 3.63) is 87.8 Å². The number of halogens is 1. The van der Waals surface area contributed by atoms with Gasteiger partial charge in [-0.25, -0.2) is 4.79 Å². The number of ether oxygens (including phenoxy) is 2. The number of esters is 1. The van der Waals surface area contributed by atoms with Crippen molar-refractivity contribution >= 4 is 38.5 Å². The molecule has 1 aliphatic heterocycles. The minimum absolute atomic E-state index is 0.395. The van der Waals surface area contributed by atoms with Gasteiger partial charge in [-0.15, -0.1) is 0 Å². The first-order valence-corrected chi connectivity index (χ1v) is 13.3. The average Bonchev–Trinajstić information content (AvgIpc) is 3.36. The number of pyridine rings is 1. The zero-order valence-corrected chi connectivity index (χ0v) is 22.6. The molecule has 4 aromatic rings. The molecular formula is C29H30BrN3O3. The van der Waals surface area contributed by atoms with Gasteiger partial charge in [0.25, 0.3) is 0 Å². The Balaban J connectivity index is 1.90. The lowest BCUT2D eigenvalue weighted by molar-refractivity contribution is 0.0237. The van der Waals surface area contributed by atoms with Crippen molar-refractivity contribution in [3.63, 3.8) is 0 Å². The molecule has 0 spiro atoms. The van der Waals surface area contributed by atoms with E-state index in [-0.39, 0.29) is 0 Å². The SMILES string of the molecule is CCOc1cc(N(CC)CC)ccc1C1(c2c(Br)n(CC)c3ccccc23)OC(=O)c2cccnc21. The molecule has 6 nitrogen and oxygen atoms in total. The molecule has 0 radical (unpaired) electrons. The van der Waals surface area contributed by atoms with Crippen LogP contribution in [0.3, 0.4) is 0 Å². The van der Waals surface area contributed by atoms with Crippen molar-refractivity contribution in [1.29, 1.82) is 0 Å². The van der Waals surface area contributed by atoms with E-state index in [4.69, 9.17) is 14.5 Å². The Bertz CT molecular complexity index is 1440. The monoisotopic (exact) mass is 547 g/mol. The highest BCUT2D eigenvalue weighted by Gasteiger charge is 2.54. The largest absolute Gasteiger partial charge is 0.493 e. The quantitative estimate of drug-likeness (QED) is 0.235. The van der Waals surface area contributed by atoms with Crippen LogP contribution in [0.5, 0.6) is 5.75 Å². The molecule has 0 aliphatic carbocycles. The molecule has 36 heavy (non-hydrogen) atoms. The molecule has 0 amide bonds. The molecule has 1 atom stereocenters. The Kier molecular flexibility index (Phi) is 6.51. The fraction of sp³-hybridized carbons (Fsp3) is 0.310. The van der Waals surface area contributed by atoms with Gasteiger partial charge in [-0.05, 0) is 74.0 Å². The Morgan fingerprint density at radius 3 is 2.56 bits per heavy atom. The number of cyclic esters (lactones) is 1. The van der Waals surface area contributed by atoms with Crippen LogP contribution in [0.15, 0.2) is 65.4 Å². The molecule has 2 aromatic carbocycles. The van der Waals surface area contributed by atoms with E-state index in [0.29, 0.717) is 23.6 Å². The minimum Gasteiger partial charge on any atom is -0.493 e. The first-order chi connectivity index (χ1) is 17.5. The third-order valence-corrected chi connectivity index (χ3v) is 7.78. The lowest BCUT2D eigenvalue weighted by Gasteiger charge is -2.32. The second kappa shape index (κ2) is 9.62. The number of hydrogen-bond acceptors (Lipinski definition) is 5. The van der Waals surface area contributed by atoms with Gasteiger partial charge < -0.3 is 18.9 Å². The standard InChI is InChI=1S/C29H30BrN3O3/c1-5-32(6-2)19-15-16-22(24(18-19)35-8-4)29(26-21(28(34)36-29)13-11-17-31-26)25-20-12-9-10-14-23(20)33(7-3)27(25)30/h9-18H,5-8H2,1-4H3. The summed E-state index contributed by atoms with van der Waals surface area (Å²) in [5, 5.41) is 0.993. The molecule has 0 saturated heterocycles. The van der Waals surface area contributed by atoms with Gasteiger partial charge in [0.1, 0.15) is 11.4 Å². The molecule has 1 aliphatic rings. The highest BCUT2D eigenvalue weighted by molar-refractivity contribution is 9.10. The van der Waals surface area contributed by atoms with Crippen LogP contribution >= 0.6 is 15.9 Å². The third kappa shape index (κ3) is 3.52. The summed E-state index contributed by atoms with van der Waals surface area (Å²) < 4.78 is 15.7. The fourth-order valence-electron chi connectivity index (χ4n) is 5.36. The summed E-state index contributed by atoms with van der Waals surface area (Å²) in [7, 11) is 0. The summed E-state index contributed by atoms with van der Waals surface area (Å²) in [4.78, 5) is 20.4. The number of aryl methyl sites for hydroxylation is 1. The fourth-order valence-corrected chi connectivity index (χ4v) is 6.29. The number of fused-ring (bicyclic) bond motifs is 2. The molecule has 186 valence electrons. The van der Waals surface area contributed by atoms with E-state index in [2.05, 4.69) is 70.4 Å². The highest BCUT2D eigenvalue weighted by Crippen LogP contribution is 2.54. The highest BCUT2D eigenvalue weighted by atomic mass is 79.9. The first-order valence-electron chi connectivity index (χ1n) is 12.5. The van der Waals surface area contributed by atoms with E-state index >= 15 is 0 Å². The van der Waals surface area contributed by atoms with Crippen LogP contribution in [0.25, 0.3) is 10.9 Å². The smallest absolute Gasteiger partial charge is 0.341 e. The maximum absolute atomic E-state index is 13.4. The van der Waals surface area contributed by atoms with E-state index in [1.807, 2.05) is 25.1 Å². The van der Waals surface area contributed by atoms with Crippen molar-refractivity contribution in [2.75, 3.05) is 24.6 Å². The number of nitrogens with zero attached hydrogens (tertiary/aromatic N) is 3. The number of benzene rings is 2. The van der Waals surface area contributed by atoms with Gasteiger partial charge in [0.05, 0.1) is 16.8 Å². The van der Waals surface area contributed by atoms with E-state index in [0.717, 1.165) is 52.0 Å². The molecule has 7 heteroatoms. The minimum atomic E-state index is -1.28. The summed E-state index contributed by atoms with van der Waals surface area (Å²) in [6.45, 7) is 11.3. The lowest BCUT2D eigenvalue weighted by Crippen LogP contribution is -2.32. The molecule has 0 fully saturated rings. The number of rotatable bonds is 8. The van der Waals surface area contributed by atoms with E-state index < -0.39 is 11.6 Å². The summed E-state index contributed by atoms with van der Waals surface area (Å²) in [6, 6.07) is 17.9. The number of para-hydroxylation sites is 1. The van der Waals surface area contributed by atoms with Gasteiger partial charge >= 0.3 is 5.97 Å². The van der Waals surface area contributed by atoms with Crippen LogP contribution in [0.2, 0.25) is 0 Å². The first kappa shape index (κ1) is 24.4. The van der Waals surface area contributed by atoms with E-state index in [9.17, 15) is 4.79 Å². The molecule has 0 N–H and O–H groups in total. The van der Waals surface area contributed by atoms with Crippen molar-refractivity contribution in [1.82, 2.24) is 9.55 Å². The van der Waals surface area contributed by atoms with Crippen molar-refractivity contribution in [3.8, 4) is 5.75 Å². The van der Waals surface area contributed by atoms with E-state index in [1.54, 1.807) is 18.3 Å². The Morgan fingerprint density at radius 1 is 1.06 bits per heavy atom. The summed E-state index contributed by atoms with van der Waals surface area (Å²) in [5.41, 5.74) is 3.48. The summed E-state index contributed by atoms with van der Waals surface area (Å²) in [5.74, 6) is 0.280. The van der Waals surface area contributed by atoms with Crippen molar-refractivity contribution in [2.24, 2.45) is 0 Å². The lowest BCUT2D eigenvalue weighted by atomic mass is 9.82. The molecule has 2 aromatic heterocycles. The molecule has 0 saturated carbocycles. The molecule has 3 heterocycles. The van der Waals surface area contributed by atoms with Gasteiger partial charge in [0.15, 0.2) is 0 Å². The third-order valence-electron chi connectivity index (χ3n) is 6.96. The number of carbonyl (C=O) groups is 1. The zero-order valence-electron chi connectivity index (χ0n) is 21.0. The van der Waals surface area contributed by atoms with Gasteiger partial charge in [-0.3, -0.25) is 4.98 Å². The Labute approximate surface area is 220 Å². The van der Waals surface area contributed by atoms with Crippen LogP contribution in [0.4, 0.5) is 5.69 Å². The van der Waals surface area contributed by atoms with Crippen molar-refractivity contribution < 1.29 is 14.3 Å². The zero-order chi connectivity index (χ0) is 25.4. The normalized spacial score (nSPS) is 16.8. The maximum Gasteiger partial charge on any atom is 0.341 e. The number of anilines is 1. The van der Waals surface area contributed by atoms with Gasteiger partial charge in [-0.1, -0.05) is 18.2 Å². The molecular weight excluding hydrogens is 518 g/mol. The Hall–Kier alpha value is -3.32. The average molecular weight is 548 g/mol. The second-order valence-corrected chi connectivity index (χ2v) is 9.43. The van der Waals surface area contributed by atoms with E-state index in [1.165, 1.54) is 0 Å². The Morgan fingerprint density at radius 2 is 1.83 bits per heavy atom. The van der Waals surface area contributed by atoms with Crippen molar-refractivity contribution in [2.45, 2.75) is 39.8 Å². The number of carbonyl (C=O) groups excluding carboxylic acids is 1. The predicted molar refractivity (Wildman–Crippen MR) is 146 cm³/mol. The van der Waals surface area contributed by atoms with Crippen LogP contribution in [-0.2, 0) is 16.9 Å². The van der Waals surface area contributed by atoms with Crippen LogP contribution in [-0.4, -0.2) is 35.2 Å². The number of aromatic nitrogens is 2. The number of hydrogen-bond donors (Lipinski definition) is 0. The molecule has 1 unspecified atom stereocenters. The topological polar surface area (TPSA) is 56.6 Å². The van der Waals surface area contributed by atoms with Gasteiger partial charge in [0, 0.05) is 59.6 Å². The summed E-state index contributed by atoms with van der Waals surface area (Å²) in [6.07, 6.45) is 1.72. The van der Waals surface area contributed by atoms with Crippen LogP contribution in [0, 0.1) is 0 Å². The van der Waals surface area contributed by atoms with Crippen LogP contribution in [0.1, 0.15) is 54.9 Å². The molecule has 0 bridgehead atoms. The second-order valence-electron chi connectivity index (χ2n) is 8.68. The maximum atomic E-state index is 13.4. The van der Waals surface area contributed by atoms with Gasteiger partial charge in [-0.2, -0.15) is 0 Å². The van der Waals surface area contributed by atoms with Gasteiger partial charge in [0.2, 0.25) is 5.60 Å². The van der Waals surface area contributed by atoms with Crippen LogP contribution < -0.4 is 9.64 Å². The predicted octanol–water partition coefficient (Wildman–Crippen LogP) is 6.53. The summed E-state index contributed by atoms with van der Waals surface area (Å²) >= 11 is 3.89. The molecule has 5 rings (SSSR count).